The molecule has 1 fully saturated rings. The number of benzene rings is 1. The van der Waals surface area contributed by atoms with Gasteiger partial charge in [-0.25, -0.2) is 4.39 Å². The number of hydrogen-bond donors (Lipinski definition) is 1. The van der Waals surface area contributed by atoms with Crippen molar-refractivity contribution in [2.45, 2.75) is 19.8 Å². The number of halogens is 1. The van der Waals surface area contributed by atoms with Crippen LogP contribution in [0.1, 0.15) is 25.3 Å². The molecule has 1 aromatic carbocycles. The second-order valence-corrected chi connectivity index (χ2v) is 4.61. The summed E-state index contributed by atoms with van der Waals surface area (Å²) in [6.45, 7) is 4.29. The predicted octanol–water partition coefficient (Wildman–Crippen LogP) is 2.56. The fraction of sp³-hybridized carbons (Fsp3) is 0.500. The summed E-state index contributed by atoms with van der Waals surface area (Å²) in [6.07, 6.45) is 0. The van der Waals surface area contributed by atoms with Gasteiger partial charge in [-0.2, -0.15) is 0 Å². The van der Waals surface area contributed by atoms with Gasteiger partial charge in [0.2, 0.25) is 0 Å². The highest BCUT2D eigenvalue weighted by Crippen LogP contribution is 2.64. The third-order valence-electron chi connectivity index (χ3n) is 3.49. The maximum Gasteiger partial charge on any atom is 0.126 e. The van der Waals surface area contributed by atoms with Crippen LogP contribution in [0.4, 0.5) is 4.39 Å². The summed E-state index contributed by atoms with van der Waals surface area (Å²) in [7, 11) is 0. The number of hydrogen-bond acceptors (Lipinski definition) is 1. The fourth-order valence-corrected chi connectivity index (χ4v) is 2.43. The second-order valence-electron chi connectivity index (χ2n) is 4.61. The monoisotopic (exact) mass is 194 g/mol. The summed E-state index contributed by atoms with van der Waals surface area (Å²) in [5.74, 6) is 0.231. The minimum atomic E-state index is -0.151. The van der Waals surface area contributed by atoms with Gasteiger partial charge in [-0.3, -0.25) is 0 Å². The zero-order valence-corrected chi connectivity index (χ0v) is 8.50. The second kappa shape index (κ2) is 3.06. The van der Waals surface area contributed by atoms with Crippen LogP contribution in [0.5, 0.6) is 0 Å². The zero-order chi connectivity index (χ0) is 10.3. The third kappa shape index (κ3) is 1.25. The molecule has 1 aliphatic rings. The minimum Gasteiger partial charge on any atom is -0.396 e. The quantitative estimate of drug-likeness (QED) is 0.767. The Morgan fingerprint density at radius 3 is 2.50 bits per heavy atom. The van der Waals surface area contributed by atoms with Gasteiger partial charge in [0.1, 0.15) is 5.82 Å². The maximum atomic E-state index is 13.5. The lowest BCUT2D eigenvalue weighted by atomic mass is 10.0. The van der Waals surface area contributed by atoms with E-state index in [4.69, 9.17) is 5.11 Å². The fourth-order valence-electron chi connectivity index (χ4n) is 2.43. The standard InChI is InChI=1S/C12H15FO/c1-12(2)9(7-14)11(12)8-5-3-4-6-10(8)13/h3-6,9,11,14H,7H2,1-2H3. The van der Waals surface area contributed by atoms with Crippen LogP contribution in [0.25, 0.3) is 0 Å². The molecule has 1 aliphatic carbocycles. The normalized spacial score (nSPS) is 28.9. The molecule has 2 heteroatoms. The van der Waals surface area contributed by atoms with Gasteiger partial charge in [-0.05, 0) is 28.9 Å². The minimum absolute atomic E-state index is 0.0386. The van der Waals surface area contributed by atoms with E-state index >= 15 is 0 Å². The van der Waals surface area contributed by atoms with Crippen molar-refractivity contribution in [2.75, 3.05) is 6.61 Å². The van der Waals surface area contributed by atoms with Crippen LogP contribution < -0.4 is 0 Å². The van der Waals surface area contributed by atoms with Gasteiger partial charge in [-0.15, -0.1) is 0 Å². The average molecular weight is 194 g/mol. The topological polar surface area (TPSA) is 20.2 Å². The Kier molecular flexibility index (Phi) is 2.11. The lowest BCUT2D eigenvalue weighted by Crippen LogP contribution is -1.93. The molecule has 1 N–H and O–H groups in total. The molecule has 0 amide bonds. The molecule has 1 nitrogen and oxygen atoms in total. The highest BCUT2D eigenvalue weighted by atomic mass is 19.1. The molecule has 1 aromatic rings. The highest BCUT2D eigenvalue weighted by molar-refractivity contribution is 5.32. The molecule has 0 heterocycles. The smallest absolute Gasteiger partial charge is 0.126 e. The van der Waals surface area contributed by atoms with Crippen LogP contribution in [0, 0.1) is 17.2 Å². The van der Waals surface area contributed by atoms with Crippen LogP contribution in [0.15, 0.2) is 24.3 Å². The van der Waals surface area contributed by atoms with Gasteiger partial charge >= 0.3 is 0 Å². The molecule has 0 saturated heterocycles. The first kappa shape index (κ1) is 9.66. The Labute approximate surface area is 83.6 Å². The van der Waals surface area contributed by atoms with E-state index in [1.54, 1.807) is 6.07 Å². The molecule has 0 bridgehead atoms. The Hall–Kier alpha value is -0.890. The van der Waals surface area contributed by atoms with E-state index in [1.807, 2.05) is 12.1 Å². The van der Waals surface area contributed by atoms with E-state index in [-0.39, 0.29) is 29.7 Å². The third-order valence-corrected chi connectivity index (χ3v) is 3.49. The SMILES string of the molecule is CC1(C)C(CO)C1c1ccccc1F. The zero-order valence-electron chi connectivity index (χ0n) is 8.50. The Bertz CT molecular complexity index is 346. The van der Waals surface area contributed by atoms with Crippen molar-refractivity contribution in [3.05, 3.63) is 35.6 Å². The molecule has 76 valence electrons. The van der Waals surface area contributed by atoms with E-state index in [0.29, 0.717) is 0 Å². The van der Waals surface area contributed by atoms with Gasteiger partial charge in [0.15, 0.2) is 0 Å². The van der Waals surface area contributed by atoms with Crippen molar-refractivity contribution in [3.8, 4) is 0 Å². The van der Waals surface area contributed by atoms with Gasteiger partial charge in [0.05, 0.1) is 0 Å². The summed E-state index contributed by atoms with van der Waals surface area (Å²) in [5.41, 5.74) is 0.785. The Balaban J connectivity index is 2.31. The molecular formula is C12H15FO. The van der Waals surface area contributed by atoms with Crippen molar-refractivity contribution < 1.29 is 9.50 Å². The molecule has 1 saturated carbocycles. The number of rotatable bonds is 2. The van der Waals surface area contributed by atoms with Crippen LogP contribution >= 0.6 is 0 Å². The molecule has 2 rings (SSSR count). The molecular weight excluding hydrogens is 179 g/mol. The Morgan fingerprint density at radius 2 is 2.00 bits per heavy atom. The highest BCUT2D eigenvalue weighted by Gasteiger charge is 2.58. The van der Waals surface area contributed by atoms with Gasteiger partial charge < -0.3 is 5.11 Å². The van der Waals surface area contributed by atoms with Crippen molar-refractivity contribution in [2.24, 2.45) is 11.3 Å². The van der Waals surface area contributed by atoms with Crippen molar-refractivity contribution in [1.82, 2.24) is 0 Å². The van der Waals surface area contributed by atoms with E-state index in [1.165, 1.54) is 6.07 Å². The van der Waals surface area contributed by atoms with Crippen LogP contribution in [0.3, 0.4) is 0 Å². The van der Waals surface area contributed by atoms with Crippen molar-refractivity contribution in [3.63, 3.8) is 0 Å². The first-order valence-corrected chi connectivity index (χ1v) is 4.94. The Morgan fingerprint density at radius 1 is 1.36 bits per heavy atom. The molecule has 2 atom stereocenters. The maximum absolute atomic E-state index is 13.5. The molecule has 0 aromatic heterocycles. The lowest BCUT2D eigenvalue weighted by Gasteiger charge is -2.03. The molecule has 0 spiro atoms. The van der Waals surface area contributed by atoms with Crippen molar-refractivity contribution in [1.29, 1.82) is 0 Å². The van der Waals surface area contributed by atoms with E-state index < -0.39 is 0 Å². The van der Waals surface area contributed by atoms with Gasteiger partial charge in [0, 0.05) is 6.61 Å². The largest absolute Gasteiger partial charge is 0.396 e. The summed E-state index contributed by atoms with van der Waals surface area (Å²) in [6, 6.07) is 6.85. The first-order valence-electron chi connectivity index (χ1n) is 4.94. The lowest BCUT2D eigenvalue weighted by molar-refractivity contribution is 0.256. The summed E-state index contributed by atoms with van der Waals surface area (Å²) in [4.78, 5) is 0. The molecule has 2 unspecified atom stereocenters. The van der Waals surface area contributed by atoms with Gasteiger partial charge in [0.25, 0.3) is 0 Å². The summed E-state index contributed by atoms with van der Waals surface area (Å²) in [5, 5.41) is 9.14. The van der Waals surface area contributed by atoms with Crippen molar-refractivity contribution >= 4 is 0 Å². The number of aliphatic hydroxyl groups excluding tert-OH is 1. The molecule has 14 heavy (non-hydrogen) atoms. The summed E-state index contributed by atoms with van der Waals surface area (Å²) < 4.78 is 13.5. The molecule has 0 aliphatic heterocycles. The molecule has 0 radical (unpaired) electrons. The first-order chi connectivity index (χ1) is 6.59. The summed E-state index contributed by atoms with van der Waals surface area (Å²) >= 11 is 0. The van der Waals surface area contributed by atoms with Gasteiger partial charge in [-0.1, -0.05) is 32.0 Å². The van der Waals surface area contributed by atoms with E-state index in [9.17, 15) is 4.39 Å². The van der Waals surface area contributed by atoms with E-state index in [0.717, 1.165) is 5.56 Å². The van der Waals surface area contributed by atoms with Crippen LogP contribution in [0.2, 0.25) is 0 Å². The van der Waals surface area contributed by atoms with Crippen LogP contribution in [-0.2, 0) is 0 Å². The predicted molar refractivity (Wildman–Crippen MR) is 53.5 cm³/mol. The van der Waals surface area contributed by atoms with E-state index in [2.05, 4.69) is 13.8 Å². The van der Waals surface area contributed by atoms with Crippen LogP contribution in [-0.4, -0.2) is 11.7 Å². The number of aliphatic hydroxyl groups is 1. The average Bonchev–Trinajstić information content (AvgIpc) is 2.69.